The SMILES string of the molecule is CS(=O)(=O)N(CC(=O)NCc1ccco1)c1ccc(N2CCCCC2)cc1. The zero-order chi connectivity index (χ0) is 19.3. The van der Waals surface area contributed by atoms with E-state index in [1.54, 1.807) is 24.3 Å². The van der Waals surface area contributed by atoms with Crippen LogP contribution < -0.4 is 14.5 Å². The van der Waals surface area contributed by atoms with Gasteiger partial charge in [-0.05, 0) is 55.7 Å². The fourth-order valence-electron chi connectivity index (χ4n) is 3.17. The Labute approximate surface area is 160 Å². The molecule has 0 radical (unpaired) electrons. The van der Waals surface area contributed by atoms with Crippen LogP contribution in [0.4, 0.5) is 11.4 Å². The van der Waals surface area contributed by atoms with Gasteiger partial charge in [0.1, 0.15) is 12.3 Å². The second-order valence-electron chi connectivity index (χ2n) is 6.69. The van der Waals surface area contributed by atoms with Gasteiger partial charge in [0.2, 0.25) is 15.9 Å². The number of furan rings is 1. The van der Waals surface area contributed by atoms with Crippen LogP contribution in [0.3, 0.4) is 0 Å². The molecule has 0 atom stereocenters. The van der Waals surface area contributed by atoms with Gasteiger partial charge in [-0.15, -0.1) is 0 Å². The number of benzene rings is 1. The van der Waals surface area contributed by atoms with Crippen LogP contribution >= 0.6 is 0 Å². The fourth-order valence-corrected chi connectivity index (χ4v) is 4.02. The van der Waals surface area contributed by atoms with E-state index in [-0.39, 0.29) is 13.1 Å². The van der Waals surface area contributed by atoms with Crippen molar-refractivity contribution in [1.82, 2.24) is 5.32 Å². The van der Waals surface area contributed by atoms with Gasteiger partial charge < -0.3 is 14.6 Å². The van der Waals surface area contributed by atoms with Gasteiger partial charge in [-0.3, -0.25) is 9.10 Å². The van der Waals surface area contributed by atoms with E-state index in [0.717, 1.165) is 29.3 Å². The van der Waals surface area contributed by atoms with E-state index in [0.29, 0.717) is 11.4 Å². The lowest BCUT2D eigenvalue weighted by Gasteiger charge is -2.29. The maximum Gasteiger partial charge on any atom is 0.241 e. The summed E-state index contributed by atoms with van der Waals surface area (Å²) < 4.78 is 30.7. The monoisotopic (exact) mass is 391 g/mol. The van der Waals surface area contributed by atoms with Crippen molar-refractivity contribution in [3.8, 4) is 0 Å². The number of carbonyl (C=O) groups is 1. The number of amides is 1. The van der Waals surface area contributed by atoms with Gasteiger partial charge in [0.25, 0.3) is 0 Å². The van der Waals surface area contributed by atoms with Gasteiger partial charge in [-0.25, -0.2) is 8.42 Å². The lowest BCUT2D eigenvalue weighted by Crippen LogP contribution is -2.40. The van der Waals surface area contributed by atoms with E-state index in [1.165, 1.54) is 25.5 Å². The molecule has 7 nitrogen and oxygen atoms in total. The lowest BCUT2D eigenvalue weighted by molar-refractivity contribution is -0.119. The topological polar surface area (TPSA) is 82.9 Å². The number of hydrogen-bond donors (Lipinski definition) is 1. The van der Waals surface area contributed by atoms with Crippen LogP contribution in [-0.2, 0) is 21.4 Å². The maximum atomic E-state index is 12.2. The van der Waals surface area contributed by atoms with E-state index >= 15 is 0 Å². The minimum absolute atomic E-state index is 0.220. The molecule has 1 aliphatic rings. The first-order valence-electron chi connectivity index (χ1n) is 9.05. The van der Waals surface area contributed by atoms with Crippen LogP contribution in [0.15, 0.2) is 47.1 Å². The van der Waals surface area contributed by atoms with E-state index in [2.05, 4.69) is 10.2 Å². The van der Waals surface area contributed by atoms with Crippen molar-refractivity contribution < 1.29 is 17.6 Å². The van der Waals surface area contributed by atoms with Gasteiger partial charge in [0.05, 0.1) is 24.8 Å². The van der Waals surface area contributed by atoms with Gasteiger partial charge in [0.15, 0.2) is 0 Å². The number of carbonyl (C=O) groups excluding carboxylic acids is 1. The summed E-state index contributed by atoms with van der Waals surface area (Å²) in [5, 5.41) is 2.67. The summed E-state index contributed by atoms with van der Waals surface area (Å²) in [6.45, 7) is 1.98. The molecule has 1 saturated heterocycles. The zero-order valence-corrected chi connectivity index (χ0v) is 16.2. The molecule has 1 amide bonds. The van der Waals surface area contributed by atoms with E-state index in [4.69, 9.17) is 4.42 Å². The zero-order valence-electron chi connectivity index (χ0n) is 15.4. The third-order valence-corrected chi connectivity index (χ3v) is 5.73. The number of nitrogens with zero attached hydrogens (tertiary/aromatic N) is 2. The molecular formula is C19H25N3O4S. The summed E-state index contributed by atoms with van der Waals surface area (Å²) in [6, 6.07) is 10.8. The quantitative estimate of drug-likeness (QED) is 0.783. The molecule has 1 aliphatic heterocycles. The Morgan fingerprint density at radius 3 is 2.44 bits per heavy atom. The second-order valence-corrected chi connectivity index (χ2v) is 8.60. The summed E-state index contributed by atoms with van der Waals surface area (Å²) in [7, 11) is -3.59. The smallest absolute Gasteiger partial charge is 0.241 e. The number of piperidine rings is 1. The van der Waals surface area contributed by atoms with Crippen molar-refractivity contribution in [3.63, 3.8) is 0 Å². The summed E-state index contributed by atoms with van der Waals surface area (Å²) in [4.78, 5) is 14.5. The Balaban J connectivity index is 1.67. The molecular weight excluding hydrogens is 366 g/mol. The predicted octanol–water partition coefficient (Wildman–Crippen LogP) is 2.35. The average molecular weight is 391 g/mol. The largest absolute Gasteiger partial charge is 0.467 e. The molecule has 0 bridgehead atoms. The summed E-state index contributed by atoms with van der Waals surface area (Å²) >= 11 is 0. The molecule has 2 aromatic rings. The number of sulfonamides is 1. The van der Waals surface area contributed by atoms with E-state index < -0.39 is 15.9 Å². The van der Waals surface area contributed by atoms with Crippen molar-refractivity contribution in [2.45, 2.75) is 25.8 Å². The third kappa shape index (κ3) is 5.26. The Morgan fingerprint density at radius 2 is 1.85 bits per heavy atom. The number of nitrogens with one attached hydrogen (secondary N) is 1. The minimum atomic E-state index is -3.59. The highest BCUT2D eigenvalue weighted by molar-refractivity contribution is 7.92. The standard InChI is InChI=1S/C19H25N3O4S/c1-27(24,25)22(15-19(23)20-14-18-6-5-13-26-18)17-9-7-16(8-10-17)21-11-3-2-4-12-21/h5-10,13H,2-4,11-12,14-15H2,1H3,(H,20,23). The van der Waals surface area contributed by atoms with Crippen LogP contribution in [0.1, 0.15) is 25.0 Å². The molecule has 2 heterocycles. The summed E-state index contributed by atoms with van der Waals surface area (Å²) in [5.41, 5.74) is 1.56. The summed E-state index contributed by atoms with van der Waals surface area (Å²) in [5.74, 6) is 0.220. The Hall–Kier alpha value is -2.48. The molecule has 0 unspecified atom stereocenters. The van der Waals surface area contributed by atoms with Gasteiger partial charge in [-0.1, -0.05) is 0 Å². The number of hydrogen-bond acceptors (Lipinski definition) is 5. The Bertz CT molecular complexity index is 842. The maximum absolute atomic E-state index is 12.2. The van der Waals surface area contributed by atoms with Crippen LogP contribution in [-0.4, -0.2) is 40.2 Å². The third-order valence-electron chi connectivity index (χ3n) is 4.59. The molecule has 8 heteroatoms. The van der Waals surface area contributed by atoms with E-state index in [1.807, 2.05) is 12.1 Å². The highest BCUT2D eigenvalue weighted by Gasteiger charge is 2.21. The Morgan fingerprint density at radius 1 is 1.15 bits per heavy atom. The van der Waals surface area contributed by atoms with Crippen molar-refractivity contribution in [3.05, 3.63) is 48.4 Å². The van der Waals surface area contributed by atoms with Gasteiger partial charge >= 0.3 is 0 Å². The first kappa shape index (κ1) is 19.3. The minimum Gasteiger partial charge on any atom is -0.467 e. The normalized spacial score (nSPS) is 14.8. The molecule has 1 aromatic heterocycles. The molecule has 3 rings (SSSR count). The van der Waals surface area contributed by atoms with Crippen molar-refractivity contribution in [2.75, 3.05) is 35.1 Å². The molecule has 0 aliphatic carbocycles. The van der Waals surface area contributed by atoms with Crippen LogP contribution in [0.2, 0.25) is 0 Å². The lowest BCUT2D eigenvalue weighted by atomic mass is 10.1. The molecule has 1 fully saturated rings. The first-order valence-corrected chi connectivity index (χ1v) is 10.9. The van der Waals surface area contributed by atoms with Crippen molar-refractivity contribution in [2.24, 2.45) is 0 Å². The van der Waals surface area contributed by atoms with E-state index in [9.17, 15) is 13.2 Å². The Kier molecular flexibility index (Phi) is 6.05. The fraction of sp³-hybridized carbons (Fsp3) is 0.421. The van der Waals surface area contributed by atoms with Gasteiger partial charge in [0, 0.05) is 18.8 Å². The number of rotatable bonds is 7. The van der Waals surface area contributed by atoms with Crippen molar-refractivity contribution >= 4 is 27.3 Å². The predicted molar refractivity (Wildman–Crippen MR) is 105 cm³/mol. The second kappa shape index (κ2) is 8.47. The molecule has 1 N–H and O–H groups in total. The molecule has 27 heavy (non-hydrogen) atoms. The molecule has 1 aromatic carbocycles. The molecule has 146 valence electrons. The summed E-state index contributed by atoms with van der Waals surface area (Å²) in [6.07, 6.45) is 6.23. The molecule has 0 saturated carbocycles. The van der Waals surface area contributed by atoms with Crippen LogP contribution in [0, 0.1) is 0 Å². The molecule has 0 spiro atoms. The highest BCUT2D eigenvalue weighted by atomic mass is 32.2. The highest BCUT2D eigenvalue weighted by Crippen LogP contribution is 2.24. The van der Waals surface area contributed by atoms with Crippen LogP contribution in [0.25, 0.3) is 0 Å². The van der Waals surface area contributed by atoms with Gasteiger partial charge in [-0.2, -0.15) is 0 Å². The first-order chi connectivity index (χ1) is 12.9. The number of anilines is 2. The van der Waals surface area contributed by atoms with Crippen molar-refractivity contribution in [1.29, 1.82) is 0 Å². The average Bonchev–Trinajstić information content (AvgIpc) is 3.18. The van der Waals surface area contributed by atoms with Crippen LogP contribution in [0.5, 0.6) is 0 Å².